The zero-order chi connectivity index (χ0) is 10.6. The molecule has 1 aromatic heterocycles. The van der Waals surface area contributed by atoms with E-state index in [1.165, 1.54) is 11.3 Å². The van der Waals surface area contributed by atoms with Gasteiger partial charge in [-0.1, -0.05) is 18.5 Å². The lowest BCUT2D eigenvalue weighted by Crippen LogP contribution is -2.09. The predicted octanol–water partition coefficient (Wildman–Crippen LogP) is 3.26. The second-order valence-electron chi connectivity index (χ2n) is 3.29. The average molecular weight is 233 g/mol. The van der Waals surface area contributed by atoms with Crippen LogP contribution in [0.15, 0.2) is 12.1 Å². The molecule has 0 aromatic carbocycles. The van der Waals surface area contributed by atoms with Crippen molar-refractivity contribution < 1.29 is 9.53 Å². The van der Waals surface area contributed by atoms with E-state index >= 15 is 0 Å². The van der Waals surface area contributed by atoms with Crippen molar-refractivity contribution in [3.63, 3.8) is 0 Å². The number of rotatable bonds is 5. The van der Waals surface area contributed by atoms with Crippen molar-refractivity contribution in [1.29, 1.82) is 0 Å². The first-order valence-electron chi connectivity index (χ1n) is 4.41. The second-order valence-corrected chi connectivity index (χ2v) is 5.01. The number of methoxy groups -OCH3 is 1. The molecule has 1 atom stereocenters. The maximum absolute atomic E-state index is 11.6. The first-order valence-corrected chi connectivity index (χ1v) is 5.60. The summed E-state index contributed by atoms with van der Waals surface area (Å²) in [5.74, 6) is 0.403. The normalized spacial score (nSPS) is 12.8. The summed E-state index contributed by atoms with van der Waals surface area (Å²) in [7, 11) is 1.64. The number of ketones is 1. The van der Waals surface area contributed by atoms with Gasteiger partial charge in [-0.15, -0.1) is 11.3 Å². The Hall–Kier alpha value is -0.380. The quantitative estimate of drug-likeness (QED) is 0.729. The molecule has 0 bridgehead atoms. The van der Waals surface area contributed by atoms with Crippen LogP contribution in [0.3, 0.4) is 0 Å². The number of ether oxygens (including phenoxy) is 1. The predicted molar refractivity (Wildman–Crippen MR) is 59.3 cm³/mol. The molecule has 0 aliphatic heterocycles. The van der Waals surface area contributed by atoms with Gasteiger partial charge in [0.2, 0.25) is 0 Å². The van der Waals surface area contributed by atoms with Gasteiger partial charge in [0.25, 0.3) is 0 Å². The highest BCUT2D eigenvalue weighted by atomic mass is 35.5. The van der Waals surface area contributed by atoms with Crippen molar-refractivity contribution >= 4 is 28.7 Å². The van der Waals surface area contributed by atoms with E-state index in [1.807, 2.05) is 6.92 Å². The Kier molecular flexibility index (Phi) is 4.58. The summed E-state index contributed by atoms with van der Waals surface area (Å²) in [4.78, 5) is 12.4. The molecule has 0 saturated heterocycles. The van der Waals surface area contributed by atoms with Crippen LogP contribution >= 0.6 is 22.9 Å². The molecule has 0 saturated carbocycles. The summed E-state index contributed by atoms with van der Waals surface area (Å²) >= 11 is 7.07. The van der Waals surface area contributed by atoms with E-state index in [4.69, 9.17) is 16.3 Å². The molecule has 0 radical (unpaired) electrons. The maximum atomic E-state index is 11.6. The summed E-state index contributed by atoms with van der Waals surface area (Å²) in [6.45, 7) is 2.61. The van der Waals surface area contributed by atoms with Gasteiger partial charge < -0.3 is 4.74 Å². The Labute approximate surface area is 92.8 Å². The van der Waals surface area contributed by atoms with Crippen LogP contribution in [0, 0.1) is 5.92 Å². The van der Waals surface area contributed by atoms with Gasteiger partial charge in [-0.25, -0.2) is 0 Å². The molecule has 14 heavy (non-hydrogen) atoms. The second kappa shape index (κ2) is 5.49. The molecule has 0 amide bonds. The molecule has 0 fully saturated rings. The lowest BCUT2D eigenvalue weighted by molar-refractivity contribution is 0.0924. The zero-order valence-electron chi connectivity index (χ0n) is 8.25. The fourth-order valence-corrected chi connectivity index (χ4v) is 2.22. The lowest BCUT2D eigenvalue weighted by atomic mass is 10.1. The van der Waals surface area contributed by atoms with Crippen LogP contribution in [0.1, 0.15) is 23.0 Å². The third-order valence-corrected chi connectivity index (χ3v) is 3.11. The topological polar surface area (TPSA) is 26.3 Å². The fraction of sp³-hybridized carbons (Fsp3) is 0.500. The monoisotopic (exact) mass is 232 g/mol. The smallest absolute Gasteiger partial charge is 0.173 e. The number of carbonyl (C=O) groups excluding carboxylic acids is 1. The Morgan fingerprint density at radius 2 is 2.36 bits per heavy atom. The molecular weight excluding hydrogens is 220 g/mol. The van der Waals surface area contributed by atoms with E-state index in [2.05, 4.69) is 0 Å². The third kappa shape index (κ3) is 3.40. The van der Waals surface area contributed by atoms with Crippen molar-refractivity contribution in [1.82, 2.24) is 0 Å². The third-order valence-electron chi connectivity index (χ3n) is 1.83. The minimum Gasteiger partial charge on any atom is -0.384 e. The first-order chi connectivity index (χ1) is 6.63. The van der Waals surface area contributed by atoms with Crippen molar-refractivity contribution in [2.24, 2.45) is 5.92 Å². The summed E-state index contributed by atoms with van der Waals surface area (Å²) in [5, 5.41) is 0. The van der Waals surface area contributed by atoms with Gasteiger partial charge >= 0.3 is 0 Å². The van der Waals surface area contributed by atoms with Crippen LogP contribution in [-0.2, 0) is 4.74 Å². The van der Waals surface area contributed by atoms with Gasteiger partial charge in [-0.05, 0) is 18.1 Å². The first kappa shape index (κ1) is 11.7. The standard InChI is InChI=1S/C10H13ClO2S/c1-7(6-13-2)5-8(12)9-3-4-10(11)14-9/h3-4,7H,5-6H2,1-2H3. The van der Waals surface area contributed by atoms with E-state index in [-0.39, 0.29) is 11.7 Å². The number of hydrogen-bond donors (Lipinski definition) is 0. The van der Waals surface area contributed by atoms with Crippen LogP contribution in [0.25, 0.3) is 0 Å². The van der Waals surface area contributed by atoms with Gasteiger partial charge in [0.15, 0.2) is 5.78 Å². The number of thiophene rings is 1. The van der Waals surface area contributed by atoms with E-state index < -0.39 is 0 Å². The summed E-state index contributed by atoms with van der Waals surface area (Å²) in [6, 6.07) is 3.52. The molecule has 0 aliphatic carbocycles. The highest BCUT2D eigenvalue weighted by Gasteiger charge is 2.12. The Morgan fingerprint density at radius 1 is 1.64 bits per heavy atom. The number of Topliss-reactive ketones (excluding diaryl/α,β-unsaturated/α-hetero) is 1. The molecule has 1 heterocycles. The SMILES string of the molecule is COCC(C)CC(=O)c1ccc(Cl)s1. The Balaban J connectivity index is 2.50. The highest BCUT2D eigenvalue weighted by molar-refractivity contribution is 7.18. The Bertz CT molecular complexity index is 309. The number of hydrogen-bond acceptors (Lipinski definition) is 3. The minimum atomic E-state index is 0.145. The van der Waals surface area contributed by atoms with Crippen molar-refractivity contribution in [2.75, 3.05) is 13.7 Å². The van der Waals surface area contributed by atoms with E-state index in [9.17, 15) is 4.79 Å². The molecule has 0 aliphatic rings. The van der Waals surface area contributed by atoms with Gasteiger partial charge in [0.05, 0.1) is 9.21 Å². The highest BCUT2D eigenvalue weighted by Crippen LogP contribution is 2.23. The molecule has 1 rings (SSSR count). The van der Waals surface area contributed by atoms with Crippen molar-refractivity contribution in [3.8, 4) is 0 Å². The fourth-order valence-electron chi connectivity index (χ4n) is 1.22. The largest absolute Gasteiger partial charge is 0.384 e. The number of carbonyl (C=O) groups is 1. The van der Waals surface area contributed by atoms with E-state index in [0.717, 1.165) is 4.88 Å². The maximum Gasteiger partial charge on any atom is 0.173 e. The number of halogens is 1. The van der Waals surface area contributed by atoms with Crippen LogP contribution < -0.4 is 0 Å². The van der Waals surface area contributed by atoms with Crippen molar-refractivity contribution in [3.05, 3.63) is 21.3 Å². The molecule has 2 nitrogen and oxygen atoms in total. The molecule has 0 N–H and O–H groups in total. The molecule has 78 valence electrons. The zero-order valence-corrected chi connectivity index (χ0v) is 9.82. The van der Waals surface area contributed by atoms with Gasteiger partial charge in [0, 0.05) is 20.1 Å². The Morgan fingerprint density at radius 3 is 2.86 bits per heavy atom. The lowest BCUT2D eigenvalue weighted by Gasteiger charge is -2.07. The van der Waals surface area contributed by atoms with Crippen molar-refractivity contribution in [2.45, 2.75) is 13.3 Å². The van der Waals surface area contributed by atoms with Gasteiger partial charge in [0.1, 0.15) is 0 Å². The molecular formula is C10H13ClO2S. The van der Waals surface area contributed by atoms with Gasteiger partial charge in [-0.2, -0.15) is 0 Å². The van der Waals surface area contributed by atoms with Gasteiger partial charge in [-0.3, -0.25) is 4.79 Å². The molecule has 0 spiro atoms. The summed E-state index contributed by atoms with van der Waals surface area (Å²) in [6.07, 6.45) is 0.519. The average Bonchev–Trinajstić information content (AvgIpc) is 2.52. The van der Waals surface area contributed by atoms with Crippen LogP contribution in [0.4, 0.5) is 0 Å². The van der Waals surface area contributed by atoms with Crippen LogP contribution in [0.2, 0.25) is 4.34 Å². The molecule has 1 aromatic rings. The van der Waals surface area contributed by atoms with Crippen LogP contribution in [-0.4, -0.2) is 19.5 Å². The minimum absolute atomic E-state index is 0.145. The van der Waals surface area contributed by atoms with Crippen LogP contribution in [0.5, 0.6) is 0 Å². The van der Waals surface area contributed by atoms with E-state index in [0.29, 0.717) is 17.4 Å². The summed E-state index contributed by atoms with van der Waals surface area (Å²) in [5.41, 5.74) is 0. The molecule has 1 unspecified atom stereocenters. The summed E-state index contributed by atoms with van der Waals surface area (Å²) < 4.78 is 5.63. The molecule has 4 heteroatoms. The van der Waals surface area contributed by atoms with E-state index in [1.54, 1.807) is 19.2 Å².